The Kier molecular flexibility index (Phi) is 5.57. The Morgan fingerprint density at radius 1 is 0.825 bits per heavy atom. The molecule has 0 radical (unpaired) electrons. The standard InChI is InChI=1S/C38H37NO/c1-25(26-9-4-3-5-10-26)39-24-40-35-19-18-30-31-20-22-38(2)21-8-13-34(38)32(31)16-17-33(30)36(35)37(39)29-15-14-27-11-6-7-12-28(27)23-29/h3-7,9-12,14-19,23,25,34,37H,8,13,20-22,24H2,1-2H3/t25-,34+,37-,38-/m0/s1. The van der Waals surface area contributed by atoms with Crippen molar-refractivity contribution in [2.45, 2.75) is 64.0 Å². The van der Waals surface area contributed by atoms with Gasteiger partial charge in [-0.15, -0.1) is 0 Å². The van der Waals surface area contributed by atoms with E-state index in [1.54, 1.807) is 11.1 Å². The monoisotopic (exact) mass is 523 g/mol. The number of ether oxygens (including phenoxy) is 1. The van der Waals surface area contributed by atoms with Crippen LogP contribution in [0.5, 0.6) is 5.75 Å². The lowest BCUT2D eigenvalue weighted by molar-refractivity contribution is 0.0411. The number of hydrogen-bond acceptors (Lipinski definition) is 2. The van der Waals surface area contributed by atoms with Crippen LogP contribution in [0.25, 0.3) is 21.5 Å². The van der Waals surface area contributed by atoms with E-state index in [0.29, 0.717) is 18.1 Å². The first-order valence-electron chi connectivity index (χ1n) is 15.1. The highest BCUT2D eigenvalue weighted by Gasteiger charge is 2.43. The van der Waals surface area contributed by atoms with Gasteiger partial charge in [0.25, 0.3) is 0 Å². The van der Waals surface area contributed by atoms with Crippen LogP contribution in [0.4, 0.5) is 0 Å². The summed E-state index contributed by atoms with van der Waals surface area (Å²) in [6.07, 6.45) is 6.58. The second-order valence-electron chi connectivity index (χ2n) is 12.7. The average Bonchev–Trinajstić information content (AvgIpc) is 3.42. The third-order valence-corrected chi connectivity index (χ3v) is 10.6. The molecule has 1 aliphatic heterocycles. The van der Waals surface area contributed by atoms with E-state index in [1.807, 2.05) is 0 Å². The molecule has 0 aromatic heterocycles. The van der Waals surface area contributed by atoms with E-state index in [-0.39, 0.29) is 12.1 Å². The molecule has 1 saturated carbocycles. The highest BCUT2D eigenvalue weighted by molar-refractivity contribution is 5.93. The molecule has 2 heteroatoms. The van der Waals surface area contributed by atoms with Gasteiger partial charge in [0.1, 0.15) is 12.5 Å². The second kappa shape index (κ2) is 9.21. The van der Waals surface area contributed by atoms with Gasteiger partial charge >= 0.3 is 0 Å². The first kappa shape index (κ1) is 24.2. The molecule has 0 spiro atoms. The zero-order valence-corrected chi connectivity index (χ0v) is 23.6. The summed E-state index contributed by atoms with van der Waals surface area (Å²) in [6.45, 7) is 5.43. The molecule has 1 heterocycles. The van der Waals surface area contributed by atoms with Gasteiger partial charge in [0.2, 0.25) is 0 Å². The third kappa shape index (κ3) is 3.65. The Balaban J connectivity index is 1.34. The minimum Gasteiger partial charge on any atom is -0.478 e. The molecule has 0 unspecified atom stereocenters. The molecular weight excluding hydrogens is 486 g/mol. The lowest BCUT2D eigenvalue weighted by Gasteiger charge is -2.42. The van der Waals surface area contributed by atoms with Crippen molar-refractivity contribution in [1.82, 2.24) is 4.90 Å². The van der Waals surface area contributed by atoms with E-state index in [9.17, 15) is 0 Å². The van der Waals surface area contributed by atoms with Crippen LogP contribution in [-0.4, -0.2) is 11.6 Å². The predicted octanol–water partition coefficient (Wildman–Crippen LogP) is 9.72. The summed E-state index contributed by atoms with van der Waals surface area (Å²) in [5.41, 5.74) is 7.66. The first-order chi connectivity index (χ1) is 19.6. The van der Waals surface area contributed by atoms with E-state index >= 15 is 0 Å². The summed E-state index contributed by atoms with van der Waals surface area (Å²) < 4.78 is 6.58. The Hall–Kier alpha value is -3.62. The number of hydrogen-bond donors (Lipinski definition) is 0. The van der Waals surface area contributed by atoms with Crippen molar-refractivity contribution in [2.24, 2.45) is 5.41 Å². The molecule has 5 aromatic carbocycles. The summed E-state index contributed by atoms with van der Waals surface area (Å²) in [4.78, 5) is 2.55. The van der Waals surface area contributed by atoms with Crippen LogP contribution in [-0.2, 0) is 6.42 Å². The maximum absolute atomic E-state index is 6.58. The second-order valence-corrected chi connectivity index (χ2v) is 12.7. The zero-order chi connectivity index (χ0) is 26.8. The minimum atomic E-state index is 0.102. The van der Waals surface area contributed by atoms with Gasteiger partial charge in [-0.25, -0.2) is 0 Å². The van der Waals surface area contributed by atoms with Crippen molar-refractivity contribution in [1.29, 1.82) is 0 Å². The molecule has 200 valence electrons. The maximum atomic E-state index is 6.58. The van der Waals surface area contributed by atoms with Crippen molar-refractivity contribution < 1.29 is 4.74 Å². The van der Waals surface area contributed by atoms with Crippen LogP contribution in [0.1, 0.15) is 85.3 Å². The molecule has 0 N–H and O–H groups in total. The topological polar surface area (TPSA) is 12.5 Å². The van der Waals surface area contributed by atoms with Crippen LogP contribution < -0.4 is 4.74 Å². The summed E-state index contributed by atoms with van der Waals surface area (Å²) in [6, 6.07) is 36.5. The van der Waals surface area contributed by atoms with E-state index < -0.39 is 0 Å². The van der Waals surface area contributed by atoms with E-state index in [1.165, 1.54) is 70.3 Å². The average molecular weight is 524 g/mol. The number of benzene rings is 5. The molecule has 3 aliphatic rings. The maximum Gasteiger partial charge on any atom is 0.143 e. The van der Waals surface area contributed by atoms with E-state index in [4.69, 9.17) is 4.74 Å². The number of rotatable bonds is 3. The van der Waals surface area contributed by atoms with Gasteiger partial charge in [-0.05, 0) is 99.9 Å². The SMILES string of the molecule is C[C@@H](c1ccccc1)N1COc2ccc3c4c(ccc3c2[C@@H]1c1ccc2ccccc2c1)[C@H]1CCC[C@@]1(C)CC4. The molecule has 1 fully saturated rings. The lowest BCUT2D eigenvalue weighted by atomic mass is 9.66. The van der Waals surface area contributed by atoms with Crippen molar-refractivity contribution in [3.8, 4) is 5.75 Å². The van der Waals surface area contributed by atoms with Crippen LogP contribution >= 0.6 is 0 Å². The summed E-state index contributed by atoms with van der Waals surface area (Å²) in [7, 11) is 0. The minimum absolute atomic E-state index is 0.102. The van der Waals surface area contributed by atoms with E-state index in [0.717, 1.165) is 5.75 Å². The largest absolute Gasteiger partial charge is 0.478 e. The Morgan fingerprint density at radius 2 is 1.62 bits per heavy atom. The van der Waals surface area contributed by atoms with Crippen LogP contribution in [0.2, 0.25) is 0 Å². The Labute approximate surface area is 237 Å². The highest BCUT2D eigenvalue weighted by atomic mass is 16.5. The quantitative estimate of drug-likeness (QED) is 0.233. The van der Waals surface area contributed by atoms with Crippen molar-refractivity contribution >= 4 is 21.5 Å². The molecule has 8 rings (SSSR count). The fourth-order valence-corrected chi connectivity index (χ4v) is 8.35. The first-order valence-corrected chi connectivity index (χ1v) is 15.1. The summed E-state index contributed by atoms with van der Waals surface area (Å²) in [5, 5.41) is 5.38. The summed E-state index contributed by atoms with van der Waals surface area (Å²) >= 11 is 0. The molecule has 40 heavy (non-hydrogen) atoms. The fourth-order valence-electron chi connectivity index (χ4n) is 8.35. The van der Waals surface area contributed by atoms with Gasteiger partial charge in [0.15, 0.2) is 0 Å². The highest BCUT2D eigenvalue weighted by Crippen LogP contribution is 2.57. The van der Waals surface area contributed by atoms with Crippen LogP contribution in [0, 0.1) is 5.41 Å². The Morgan fingerprint density at radius 3 is 2.50 bits per heavy atom. The molecule has 0 amide bonds. The lowest BCUT2D eigenvalue weighted by Crippen LogP contribution is -2.39. The molecule has 5 aromatic rings. The van der Waals surface area contributed by atoms with Gasteiger partial charge in [-0.1, -0.05) is 98.3 Å². The van der Waals surface area contributed by atoms with Crippen molar-refractivity contribution in [3.05, 3.63) is 125 Å². The number of aryl methyl sites for hydroxylation is 1. The third-order valence-electron chi connectivity index (χ3n) is 10.6. The Bertz CT molecular complexity index is 1740. The van der Waals surface area contributed by atoms with Gasteiger partial charge in [-0.2, -0.15) is 0 Å². The van der Waals surface area contributed by atoms with Gasteiger partial charge in [0.05, 0.1) is 6.04 Å². The number of nitrogens with zero attached hydrogens (tertiary/aromatic N) is 1. The van der Waals surface area contributed by atoms with Crippen LogP contribution in [0.3, 0.4) is 0 Å². The molecule has 0 saturated heterocycles. The zero-order valence-electron chi connectivity index (χ0n) is 23.6. The summed E-state index contributed by atoms with van der Waals surface area (Å²) in [5.74, 6) is 1.74. The fraction of sp³-hybridized carbons (Fsp3) is 0.316. The predicted molar refractivity (Wildman–Crippen MR) is 165 cm³/mol. The van der Waals surface area contributed by atoms with Crippen molar-refractivity contribution in [3.63, 3.8) is 0 Å². The number of fused-ring (bicyclic) bond motifs is 8. The van der Waals surface area contributed by atoms with Crippen LogP contribution in [0.15, 0.2) is 97.1 Å². The smallest absolute Gasteiger partial charge is 0.143 e. The van der Waals surface area contributed by atoms with Gasteiger partial charge < -0.3 is 4.74 Å². The molecule has 2 nitrogen and oxygen atoms in total. The molecule has 0 bridgehead atoms. The van der Waals surface area contributed by atoms with Gasteiger partial charge in [-0.3, -0.25) is 4.90 Å². The molecule has 2 aliphatic carbocycles. The normalized spacial score (nSPS) is 24.8. The van der Waals surface area contributed by atoms with Crippen molar-refractivity contribution in [2.75, 3.05) is 6.73 Å². The van der Waals surface area contributed by atoms with Gasteiger partial charge in [0, 0.05) is 11.6 Å². The van der Waals surface area contributed by atoms with E-state index in [2.05, 4.69) is 116 Å². The molecule has 4 atom stereocenters. The molecular formula is C38H37NO.